The zero-order valence-corrected chi connectivity index (χ0v) is 12.7. The SMILES string of the molecule is O=C(c1cc(C2CC2)[nH]n1)N1CCOCC1C1CCCC1O. The van der Waals surface area contributed by atoms with E-state index in [1.165, 1.54) is 12.8 Å². The molecular formula is C16H23N3O3. The van der Waals surface area contributed by atoms with Gasteiger partial charge < -0.3 is 14.7 Å². The molecule has 4 rings (SSSR count). The Hall–Kier alpha value is -1.40. The molecular weight excluding hydrogens is 282 g/mol. The predicted octanol–water partition coefficient (Wildman–Crippen LogP) is 1.29. The van der Waals surface area contributed by atoms with Gasteiger partial charge in [0.25, 0.3) is 5.91 Å². The lowest BCUT2D eigenvalue weighted by Crippen LogP contribution is -2.53. The highest BCUT2D eigenvalue weighted by Gasteiger charge is 2.40. The summed E-state index contributed by atoms with van der Waals surface area (Å²) in [5, 5.41) is 17.4. The number of H-pyrrole nitrogens is 1. The minimum Gasteiger partial charge on any atom is -0.393 e. The maximum atomic E-state index is 12.8. The van der Waals surface area contributed by atoms with Crippen molar-refractivity contribution in [3.8, 4) is 0 Å². The summed E-state index contributed by atoms with van der Waals surface area (Å²) in [6.45, 7) is 1.66. The summed E-state index contributed by atoms with van der Waals surface area (Å²) in [6.07, 6.45) is 4.88. The van der Waals surface area contributed by atoms with Crippen LogP contribution in [0.5, 0.6) is 0 Å². The predicted molar refractivity (Wildman–Crippen MR) is 79.6 cm³/mol. The number of aromatic nitrogens is 2. The highest BCUT2D eigenvalue weighted by molar-refractivity contribution is 5.92. The quantitative estimate of drug-likeness (QED) is 0.882. The molecule has 0 radical (unpaired) electrons. The third-order valence-corrected chi connectivity index (χ3v) is 5.29. The average Bonchev–Trinajstić information content (AvgIpc) is 3.11. The highest BCUT2D eigenvalue weighted by atomic mass is 16.5. The molecule has 3 fully saturated rings. The number of nitrogens with one attached hydrogen (secondary N) is 1. The number of aromatic amines is 1. The van der Waals surface area contributed by atoms with Crippen LogP contribution in [0, 0.1) is 5.92 Å². The number of ether oxygens (including phenoxy) is 1. The Morgan fingerprint density at radius 2 is 2.23 bits per heavy atom. The number of nitrogens with zero attached hydrogens (tertiary/aromatic N) is 2. The number of hydrogen-bond acceptors (Lipinski definition) is 4. The fraction of sp³-hybridized carbons (Fsp3) is 0.750. The molecule has 2 heterocycles. The van der Waals surface area contributed by atoms with Crippen molar-refractivity contribution in [2.24, 2.45) is 5.92 Å². The van der Waals surface area contributed by atoms with E-state index < -0.39 is 0 Å². The fourth-order valence-electron chi connectivity index (χ4n) is 3.84. The molecule has 0 spiro atoms. The van der Waals surface area contributed by atoms with Gasteiger partial charge in [0.05, 0.1) is 25.4 Å². The molecule has 2 N–H and O–H groups in total. The highest BCUT2D eigenvalue weighted by Crippen LogP contribution is 2.39. The molecule has 1 aliphatic heterocycles. The first kappa shape index (κ1) is 14.2. The van der Waals surface area contributed by atoms with Gasteiger partial charge in [0, 0.05) is 24.1 Å². The summed E-state index contributed by atoms with van der Waals surface area (Å²) in [7, 11) is 0. The van der Waals surface area contributed by atoms with Crippen LogP contribution in [0.4, 0.5) is 0 Å². The smallest absolute Gasteiger partial charge is 0.274 e. The number of carbonyl (C=O) groups excluding carboxylic acids is 1. The van der Waals surface area contributed by atoms with Crippen LogP contribution in [0.2, 0.25) is 0 Å². The van der Waals surface area contributed by atoms with E-state index >= 15 is 0 Å². The lowest BCUT2D eigenvalue weighted by molar-refractivity contribution is -0.0385. The van der Waals surface area contributed by atoms with Crippen LogP contribution in [-0.2, 0) is 4.74 Å². The lowest BCUT2D eigenvalue weighted by atomic mass is 9.94. The molecule has 120 valence electrons. The van der Waals surface area contributed by atoms with Crippen LogP contribution in [0.1, 0.15) is 54.2 Å². The van der Waals surface area contributed by atoms with Gasteiger partial charge in [0.2, 0.25) is 0 Å². The number of aliphatic hydroxyl groups excluding tert-OH is 1. The number of rotatable bonds is 3. The molecule has 0 bridgehead atoms. The van der Waals surface area contributed by atoms with Gasteiger partial charge >= 0.3 is 0 Å². The van der Waals surface area contributed by atoms with Crippen molar-refractivity contribution in [1.29, 1.82) is 0 Å². The summed E-state index contributed by atoms with van der Waals surface area (Å²) < 4.78 is 5.58. The Morgan fingerprint density at radius 3 is 2.95 bits per heavy atom. The molecule has 1 saturated heterocycles. The zero-order valence-electron chi connectivity index (χ0n) is 12.7. The van der Waals surface area contributed by atoms with Crippen LogP contribution in [0.15, 0.2) is 6.07 Å². The molecule has 3 aliphatic rings. The van der Waals surface area contributed by atoms with Crippen LogP contribution in [0.25, 0.3) is 0 Å². The largest absolute Gasteiger partial charge is 0.393 e. The topological polar surface area (TPSA) is 78.5 Å². The first-order valence-corrected chi connectivity index (χ1v) is 8.36. The number of aliphatic hydroxyl groups is 1. The molecule has 0 aromatic carbocycles. The van der Waals surface area contributed by atoms with E-state index in [-0.39, 0.29) is 24.0 Å². The summed E-state index contributed by atoms with van der Waals surface area (Å²) in [4.78, 5) is 14.7. The number of carbonyl (C=O) groups is 1. The molecule has 1 aromatic heterocycles. The average molecular weight is 305 g/mol. The molecule has 1 aromatic rings. The maximum absolute atomic E-state index is 12.8. The van der Waals surface area contributed by atoms with E-state index in [9.17, 15) is 9.90 Å². The van der Waals surface area contributed by atoms with Crippen molar-refractivity contribution in [1.82, 2.24) is 15.1 Å². The number of amides is 1. The van der Waals surface area contributed by atoms with E-state index in [1.807, 2.05) is 11.0 Å². The standard InChI is InChI=1S/C16H23N3O3/c20-15-3-1-2-11(15)14-9-22-7-6-19(14)16(21)13-8-12(17-18-13)10-4-5-10/h8,10-11,14-15,20H,1-7,9H2,(H,17,18). The molecule has 3 unspecified atom stereocenters. The summed E-state index contributed by atoms with van der Waals surface area (Å²) >= 11 is 0. The van der Waals surface area contributed by atoms with Crippen LogP contribution >= 0.6 is 0 Å². The van der Waals surface area contributed by atoms with Gasteiger partial charge in [-0.3, -0.25) is 9.89 Å². The molecule has 22 heavy (non-hydrogen) atoms. The Bertz CT molecular complexity index is 555. The normalized spacial score (nSPS) is 32.4. The molecule has 6 heteroatoms. The van der Waals surface area contributed by atoms with Crippen LogP contribution < -0.4 is 0 Å². The van der Waals surface area contributed by atoms with Crippen molar-refractivity contribution in [3.63, 3.8) is 0 Å². The number of morpholine rings is 1. The first-order chi connectivity index (χ1) is 10.7. The molecule has 3 atom stereocenters. The second kappa shape index (κ2) is 5.66. The van der Waals surface area contributed by atoms with Gasteiger partial charge in [0.15, 0.2) is 0 Å². The van der Waals surface area contributed by atoms with Gasteiger partial charge in [0.1, 0.15) is 5.69 Å². The summed E-state index contributed by atoms with van der Waals surface area (Å²) in [6, 6.07) is 1.87. The van der Waals surface area contributed by atoms with Gasteiger partial charge in [-0.05, 0) is 31.7 Å². The third-order valence-electron chi connectivity index (χ3n) is 5.29. The van der Waals surface area contributed by atoms with Crippen molar-refractivity contribution in [2.45, 2.75) is 50.2 Å². The Balaban J connectivity index is 1.53. The third kappa shape index (κ3) is 2.54. The second-order valence-electron chi connectivity index (χ2n) is 6.79. The van der Waals surface area contributed by atoms with Crippen molar-refractivity contribution in [3.05, 3.63) is 17.5 Å². The van der Waals surface area contributed by atoms with Crippen LogP contribution in [-0.4, -0.2) is 58.0 Å². The van der Waals surface area contributed by atoms with E-state index in [2.05, 4.69) is 10.2 Å². The lowest BCUT2D eigenvalue weighted by Gasteiger charge is -2.39. The van der Waals surface area contributed by atoms with E-state index in [1.54, 1.807) is 0 Å². The zero-order chi connectivity index (χ0) is 15.1. The van der Waals surface area contributed by atoms with E-state index in [4.69, 9.17) is 4.74 Å². The van der Waals surface area contributed by atoms with Crippen molar-refractivity contribution >= 4 is 5.91 Å². The Kier molecular flexibility index (Phi) is 3.66. The summed E-state index contributed by atoms with van der Waals surface area (Å²) in [5.74, 6) is 0.660. The molecule has 1 amide bonds. The monoisotopic (exact) mass is 305 g/mol. The summed E-state index contributed by atoms with van der Waals surface area (Å²) in [5.41, 5.74) is 1.58. The van der Waals surface area contributed by atoms with Gasteiger partial charge in [-0.2, -0.15) is 5.10 Å². The minimum absolute atomic E-state index is 0.0279. The molecule has 2 saturated carbocycles. The van der Waals surface area contributed by atoms with Crippen molar-refractivity contribution < 1.29 is 14.6 Å². The van der Waals surface area contributed by atoms with E-state index in [0.717, 1.165) is 25.0 Å². The first-order valence-electron chi connectivity index (χ1n) is 8.36. The fourth-order valence-corrected chi connectivity index (χ4v) is 3.84. The molecule has 6 nitrogen and oxygen atoms in total. The maximum Gasteiger partial charge on any atom is 0.274 e. The number of hydrogen-bond donors (Lipinski definition) is 2. The van der Waals surface area contributed by atoms with E-state index in [0.29, 0.717) is 31.4 Å². The second-order valence-corrected chi connectivity index (χ2v) is 6.79. The van der Waals surface area contributed by atoms with Crippen LogP contribution in [0.3, 0.4) is 0 Å². The van der Waals surface area contributed by atoms with Crippen molar-refractivity contribution in [2.75, 3.05) is 19.8 Å². The molecule has 2 aliphatic carbocycles. The van der Waals surface area contributed by atoms with Gasteiger partial charge in [-0.15, -0.1) is 0 Å². The van der Waals surface area contributed by atoms with Gasteiger partial charge in [-0.25, -0.2) is 0 Å². The van der Waals surface area contributed by atoms with Gasteiger partial charge in [-0.1, -0.05) is 6.42 Å². The Morgan fingerprint density at radius 1 is 1.36 bits per heavy atom. The Labute approximate surface area is 129 Å². The minimum atomic E-state index is -0.316.